The third-order valence-electron chi connectivity index (χ3n) is 3.95. The molecule has 1 N–H and O–H groups in total. The zero-order chi connectivity index (χ0) is 11.7. The van der Waals surface area contributed by atoms with Crippen molar-refractivity contribution in [2.75, 3.05) is 6.61 Å². The minimum absolute atomic E-state index is 0.391. The fraction of sp³-hybridized carbons (Fsp3) is 0.643. The Labute approximate surface area is 103 Å². The van der Waals surface area contributed by atoms with Gasteiger partial charge in [-0.2, -0.15) is 0 Å². The van der Waals surface area contributed by atoms with Crippen molar-refractivity contribution in [1.29, 1.82) is 0 Å². The van der Waals surface area contributed by atoms with Crippen molar-refractivity contribution in [2.45, 2.75) is 50.8 Å². The van der Waals surface area contributed by atoms with E-state index in [1.54, 1.807) is 0 Å². The van der Waals surface area contributed by atoms with Crippen LogP contribution in [0.15, 0.2) is 18.3 Å². The second kappa shape index (κ2) is 4.75. The Bertz CT molecular complexity index is 388. The topological polar surface area (TPSA) is 34.2 Å². The monoisotopic (exact) mass is 232 g/mol. The normalized spacial score (nSPS) is 29.2. The van der Waals surface area contributed by atoms with Crippen LogP contribution in [0.5, 0.6) is 0 Å². The van der Waals surface area contributed by atoms with Crippen LogP contribution >= 0.6 is 0 Å². The molecule has 1 aliphatic heterocycles. The Morgan fingerprint density at radius 3 is 3.24 bits per heavy atom. The molecule has 0 aromatic carbocycles. The van der Waals surface area contributed by atoms with Crippen LogP contribution in [-0.4, -0.2) is 23.7 Å². The Morgan fingerprint density at radius 1 is 1.47 bits per heavy atom. The SMILES string of the molecule is CC(NC1CCc2cccnc21)C1CCCO1. The number of fused-ring (bicyclic) bond motifs is 1. The Hall–Kier alpha value is -0.930. The number of aromatic nitrogens is 1. The predicted molar refractivity (Wildman–Crippen MR) is 66.9 cm³/mol. The van der Waals surface area contributed by atoms with E-state index in [1.807, 2.05) is 12.3 Å². The van der Waals surface area contributed by atoms with Gasteiger partial charge in [-0.05, 0) is 44.2 Å². The smallest absolute Gasteiger partial charge is 0.0726 e. The van der Waals surface area contributed by atoms with E-state index >= 15 is 0 Å². The molecule has 0 saturated carbocycles. The number of nitrogens with one attached hydrogen (secondary N) is 1. The number of hydrogen-bond acceptors (Lipinski definition) is 3. The standard InChI is InChI=1S/C14H20N2O/c1-10(13-5-3-9-17-13)16-12-7-6-11-4-2-8-15-14(11)12/h2,4,8,10,12-13,16H,3,5-7,9H2,1H3. The molecular weight excluding hydrogens is 212 g/mol. The van der Waals surface area contributed by atoms with Crippen molar-refractivity contribution in [3.8, 4) is 0 Å². The largest absolute Gasteiger partial charge is 0.377 e. The molecule has 3 atom stereocenters. The van der Waals surface area contributed by atoms with Gasteiger partial charge < -0.3 is 10.1 Å². The van der Waals surface area contributed by atoms with Gasteiger partial charge in [-0.15, -0.1) is 0 Å². The summed E-state index contributed by atoms with van der Waals surface area (Å²) in [5.41, 5.74) is 2.65. The van der Waals surface area contributed by atoms with Gasteiger partial charge in [0.1, 0.15) is 0 Å². The molecule has 2 heterocycles. The zero-order valence-corrected chi connectivity index (χ0v) is 10.4. The van der Waals surface area contributed by atoms with Gasteiger partial charge >= 0.3 is 0 Å². The molecule has 3 heteroatoms. The maximum Gasteiger partial charge on any atom is 0.0726 e. The van der Waals surface area contributed by atoms with Crippen LogP contribution in [-0.2, 0) is 11.2 Å². The zero-order valence-electron chi connectivity index (χ0n) is 10.4. The molecule has 0 spiro atoms. The van der Waals surface area contributed by atoms with Gasteiger partial charge in [0, 0.05) is 18.8 Å². The first kappa shape index (κ1) is 11.2. The first-order valence-electron chi connectivity index (χ1n) is 6.66. The Balaban J connectivity index is 1.66. The summed E-state index contributed by atoms with van der Waals surface area (Å²) in [4.78, 5) is 4.52. The quantitative estimate of drug-likeness (QED) is 0.867. The van der Waals surface area contributed by atoms with Crippen LogP contribution < -0.4 is 5.32 Å². The summed E-state index contributed by atoms with van der Waals surface area (Å²) < 4.78 is 5.73. The molecule has 2 aliphatic rings. The lowest BCUT2D eigenvalue weighted by atomic mass is 10.1. The molecule has 3 rings (SSSR count). The van der Waals surface area contributed by atoms with E-state index in [1.165, 1.54) is 30.5 Å². The van der Waals surface area contributed by atoms with E-state index in [0.717, 1.165) is 13.0 Å². The van der Waals surface area contributed by atoms with Crippen LogP contribution in [0.1, 0.15) is 43.5 Å². The lowest BCUT2D eigenvalue weighted by Crippen LogP contribution is -2.38. The number of nitrogens with zero attached hydrogens (tertiary/aromatic N) is 1. The molecule has 3 unspecified atom stereocenters. The number of pyridine rings is 1. The highest BCUT2D eigenvalue weighted by Crippen LogP contribution is 2.30. The predicted octanol–water partition coefficient (Wildman–Crippen LogP) is 2.23. The maximum absolute atomic E-state index is 5.73. The second-order valence-corrected chi connectivity index (χ2v) is 5.15. The fourth-order valence-electron chi connectivity index (χ4n) is 3.00. The Morgan fingerprint density at radius 2 is 2.41 bits per heavy atom. The lowest BCUT2D eigenvalue weighted by molar-refractivity contribution is 0.0795. The first-order valence-corrected chi connectivity index (χ1v) is 6.66. The summed E-state index contributed by atoms with van der Waals surface area (Å²) in [5, 5.41) is 3.69. The van der Waals surface area contributed by atoms with E-state index in [0.29, 0.717) is 18.2 Å². The molecule has 1 fully saturated rings. The lowest BCUT2D eigenvalue weighted by Gasteiger charge is -2.24. The third kappa shape index (κ3) is 2.22. The van der Waals surface area contributed by atoms with Crippen molar-refractivity contribution in [1.82, 2.24) is 10.3 Å². The van der Waals surface area contributed by atoms with Crippen molar-refractivity contribution < 1.29 is 4.74 Å². The first-order chi connectivity index (χ1) is 8.34. The molecule has 0 bridgehead atoms. The summed E-state index contributed by atoms with van der Waals surface area (Å²) in [7, 11) is 0. The van der Waals surface area contributed by atoms with Crippen molar-refractivity contribution in [3.63, 3.8) is 0 Å². The molecule has 1 aromatic rings. The van der Waals surface area contributed by atoms with Crippen LogP contribution in [0.2, 0.25) is 0 Å². The molecule has 0 amide bonds. The number of hydrogen-bond donors (Lipinski definition) is 1. The van der Waals surface area contributed by atoms with Crippen LogP contribution in [0.25, 0.3) is 0 Å². The van der Waals surface area contributed by atoms with Crippen molar-refractivity contribution in [3.05, 3.63) is 29.6 Å². The van der Waals surface area contributed by atoms with Crippen LogP contribution in [0.4, 0.5) is 0 Å². The summed E-state index contributed by atoms with van der Waals surface area (Å²) in [6.07, 6.45) is 7.01. The summed E-state index contributed by atoms with van der Waals surface area (Å²) in [5.74, 6) is 0. The minimum atomic E-state index is 0.391. The van der Waals surface area contributed by atoms with Gasteiger partial charge in [-0.25, -0.2) is 0 Å². The molecule has 92 valence electrons. The highest BCUT2D eigenvalue weighted by atomic mass is 16.5. The van der Waals surface area contributed by atoms with Gasteiger partial charge in [0.2, 0.25) is 0 Å². The van der Waals surface area contributed by atoms with Gasteiger partial charge in [0.15, 0.2) is 0 Å². The summed E-state index contributed by atoms with van der Waals surface area (Å²) in [6, 6.07) is 5.08. The van der Waals surface area contributed by atoms with E-state index in [4.69, 9.17) is 4.74 Å². The molecule has 1 saturated heterocycles. The van der Waals surface area contributed by atoms with E-state index in [-0.39, 0.29) is 0 Å². The van der Waals surface area contributed by atoms with Crippen LogP contribution in [0.3, 0.4) is 0 Å². The van der Waals surface area contributed by atoms with Gasteiger partial charge in [0.05, 0.1) is 17.8 Å². The fourth-order valence-corrected chi connectivity index (χ4v) is 3.00. The van der Waals surface area contributed by atoms with Crippen molar-refractivity contribution in [2.24, 2.45) is 0 Å². The second-order valence-electron chi connectivity index (χ2n) is 5.15. The molecular formula is C14H20N2O. The van der Waals surface area contributed by atoms with E-state index < -0.39 is 0 Å². The Kier molecular flexibility index (Phi) is 3.12. The third-order valence-corrected chi connectivity index (χ3v) is 3.95. The van der Waals surface area contributed by atoms with Crippen LogP contribution in [0, 0.1) is 0 Å². The number of aryl methyl sites for hydroxylation is 1. The molecule has 1 aliphatic carbocycles. The molecule has 0 radical (unpaired) electrons. The minimum Gasteiger partial charge on any atom is -0.377 e. The number of ether oxygens (including phenoxy) is 1. The average molecular weight is 232 g/mol. The van der Waals surface area contributed by atoms with Gasteiger partial charge in [0.25, 0.3) is 0 Å². The maximum atomic E-state index is 5.73. The average Bonchev–Trinajstić information content (AvgIpc) is 2.98. The van der Waals surface area contributed by atoms with Crippen molar-refractivity contribution >= 4 is 0 Å². The molecule has 17 heavy (non-hydrogen) atoms. The molecule has 3 nitrogen and oxygen atoms in total. The van der Waals surface area contributed by atoms with E-state index in [2.05, 4.69) is 23.3 Å². The summed E-state index contributed by atoms with van der Waals surface area (Å²) in [6.45, 7) is 3.16. The summed E-state index contributed by atoms with van der Waals surface area (Å²) >= 11 is 0. The van der Waals surface area contributed by atoms with E-state index in [9.17, 15) is 0 Å². The number of rotatable bonds is 3. The van der Waals surface area contributed by atoms with Gasteiger partial charge in [-0.3, -0.25) is 4.98 Å². The van der Waals surface area contributed by atoms with Gasteiger partial charge in [-0.1, -0.05) is 6.07 Å². The molecule has 1 aromatic heterocycles. The highest BCUT2D eigenvalue weighted by Gasteiger charge is 2.28. The highest BCUT2D eigenvalue weighted by molar-refractivity contribution is 5.28.